The molecule has 0 bridgehead atoms. The molecule has 1 aliphatic rings. The van der Waals surface area contributed by atoms with Gasteiger partial charge in [-0.2, -0.15) is 0 Å². The first-order chi connectivity index (χ1) is 7.63. The first kappa shape index (κ1) is 11.4. The van der Waals surface area contributed by atoms with Crippen molar-refractivity contribution in [3.05, 3.63) is 29.8 Å². The predicted molar refractivity (Wildman–Crippen MR) is 62.4 cm³/mol. The lowest BCUT2D eigenvalue weighted by molar-refractivity contribution is 0.414. The smallest absolute Gasteiger partial charge is 0.159 e. The lowest BCUT2D eigenvalue weighted by Gasteiger charge is -2.23. The van der Waals surface area contributed by atoms with E-state index in [1.807, 2.05) is 12.1 Å². The molecule has 1 N–H and O–H groups in total. The monoisotopic (exact) mass is 241 g/mol. The van der Waals surface area contributed by atoms with Gasteiger partial charge in [-0.3, -0.25) is 0 Å². The average Bonchev–Trinajstić information content (AvgIpc) is 2.29. The summed E-state index contributed by atoms with van der Waals surface area (Å²) in [5.41, 5.74) is 0.827. The molecule has 4 nitrogen and oxygen atoms in total. The summed E-state index contributed by atoms with van der Waals surface area (Å²) in [7, 11) is -1.41. The number of ether oxygens (including phenoxy) is 1. The van der Waals surface area contributed by atoms with E-state index in [4.69, 9.17) is 4.74 Å². The van der Waals surface area contributed by atoms with E-state index in [1.54, 1.807) is 19.2 Å². The van der Waals surface area contributed by atoms with Crippen LogP contribution in [0.3, 0.4) is 0 Å². The molecule has 16 heavy (non-hydrogen) atoms. The molecule has 2 rings (SSSR count). The number of methoxy groups -OCH3 is 1. The lowest BCUT2D eigenvalue weighted by atomic mass is 10.1. The van der Waals surface area contributed by atoms with Crippen LogP contribution in [0.25, 0.3) is 0 Å². The second-order valence-electron chi connectivity index (χ2n) is 3.83. The summed E-state index contributed by atoms with van der Waals surface area (Å²) in [4.78, 5) is 0. The maximum atomic E-state index is 11.9. The minimum absolute atomic E-state index is 0.212. The molecule has 0 radical (unpaired) electrons. The van der Waals surface area contributed by atoms with Gasteiger partial charge in [0.1, 0.15) is 5.75 Å². The summed E-state index contributed by atoms with van der Waals surface area (Å²) in [6, 6.07) is 7.21. The molecule has 0 aromatic heterocycles. The third kappa shape index (κ3) is 2.20. The van der Waals surface area contributed by atoms with E-state index in [1.165, 1.54) is 0 Å². The standard InChI is InChI=1S/C11H15NO3S/c1-15-10-4-2-9(3-5-10)11-8-12-6-7-16(11,13)14/h2-5,11-12H,6-8H2,1H3. The summed E-state index contributed by atoms with van der Waals surface area (Å²) in [6.07, 6.45) is 0. The highest BCUT2D eigenvalue weighted by Gasteiger charge is 2.29. The molecule has 1 heterocycles. The van der Waals surface area contributed by atoms with Crippen molar-refractivity contribution in [2.45, 2.75) is 5.25 Å². The third-order valence-electron chi connectivity index (χ3n) is 2.81. The van der Waals surface area contributed by atoms with E-state index in [2.05, 4.69) is 5.32 Å². The largest absolute Gasteiger partial charge is 0.497 e. The summed E-state index contributed by atoms with van der Waals surface area (Å²) in [5.74, 6) is 0.953. The van der Waals surface area contributed by atoms with Crippen molar-refractivity contribution in [1.82, 2.24) is 5.32 Å². The summed E-state index contributed by atoms with van der Waals surface area (Å²) < 4.78 is 28.8. The van der Waals surface area contributed by atoms with Gasteiger partial charge in [0.2, 0.25) is 0 Å². The van der Waals surface area contributed by atoms with Crippen LogP contribution in [0.1, 0.15) is 10.8 Å². The zero-order valence-corrected chi connectivity index (χ0v) is 9.96. The minimum Gasteiger partial charge on any atom is -0.497 e. The number of rotatable bonds is 2. The van der Waals surface area contributed by atoms with Crippen molar-refractivity contribution in [2.24, 2.45) is 0 Å². The Morgan fingerprint density at radius 1 is 1.31 bits per heavy atom. The Labute approximate surface area is 95.5 Å². The molecular weight excluding hydrogens is 226 g/mol. The highest BCUT2D eigenvalue weighted by molar-refractivity contribution is 7.91. The molecule has 0 amide bonds. The van der Waals surface area contributed by atoms with Gasteiger partial charge in [0.05, 0.1) is 18.1 Å². The maximum absolute atomic E-state index is 11.9. The van der Waals surface area contributed by atoms with Gasteiger partial charge in [-0.1, -0.05) is 12.1 Å². The molecule has 1 atom stereocenters. The molecule has 1 aromatic rings. The molecule has 1 saturated heterocycles. The minimum atomic E-state index is -3.00. The molecule has 0 spiro atoms. The van der Waals surface area contributed by atoms with E-state index in [9.17, 15) is 8.42 Å². The summed E-state index contributed by atoms with van der Waals surface area (Å²) >= 11 is 0. The summed E-state index contributed by atoms with van der Waals surface area (Å²) in [5, 5.41) is 2.68. The van der Waals surface area contributed by atoms with E-state index in [0.29, 0.717) is 13.1 Å². The van der Waals surface area contributed by atoms with Gasteiger partial charge < -0.3 is 10.1 Å². The summed E-state index contributed by atoms with van der Waals surface area (Å²) in [6.45, 7) is 1.05. The fraction of sp³-hybridized carbons (Fsp3) is 0.455. The SMILES string of the molecule is COc1ccc(C2CNCCS2(=O)=O)cc1. The molecule has 1 fully saturated rings. The molecule has 0 saturated carbocycles. The van der Waals surface area contributed by atoms with Crippen LogP contribution in [0, 0.1) is 0 Å². The Hall–Kier alpha value is -1.07. The van der Waals surface area contributed by atoms with E-state index < -0.39 is 15.1 Å². The average molecular weight is 241 g/mol. The van der Waals surface area contributed by atoms with E-state index in [0.717, 1.165) is 11.3 Å². The normalized spacial score (nSPS) is 23.9. The van der Waals surface area contributed by atoms with Crippen LogP contribution in [-0.2, 0) is 9.84 Å². The van der Waals surface area contributed by atoms with Crippen LogP contribution in [-0.4, -0.2) is 34.4 Å². The quantitative estimate of drug-likeness (QED) is 0.830. The molecule has 1 unspecified atom stereocenters. The van der Waals surface area contributed by atoms with Crippen LogP contribution in [0.15, 0.2) is 24.3 Å². The van der Waals surface area contributed by atoms with Crippen LogP contribution in [0.5, 0.6) is 5.75 Å². The Morgan fingerprint density at radius 2 is 2.00 bits per heavy atom. The van der Waals surface area contributed by atoms with Gasteiger partial charge in [-0.05, 0) is 17.7 Å². The highest BCUT2D eigenvalue weighted by atomic mass is 32.2. The second kappa shape index (κ2) is 4.43. The zero-order chi connectivity index (χ0) is 11.6. The van der Waals surface area contributed by atoms with Gasteiger partial charge >= 0.3 is 0 Å². The highest BCUT2D eigenvalue weighted by Crippen LogP contribution is 2.26. The Morgan fingerprint density at radius 3 is 2.56 bits per heavy atom. The van der Waals surface area contributed by atoms with Gasteiger partial charge in [0, 0.05) is 13.1 Å². The molecule has 1 aromatic carbocycles. The molecule has 5 heteroatoms. The van der Waals surface area contributed by atoms with E-state index >= 15 is 0 Å². The van der Waals surface area contributed by atoms with Crippen molar-refractivity contribution in [1.29, 1.82) is 0 Å². The van der Waals surface area contributed by atoms with E-state index in [-0.39, 0.29) is 5.75 Å². The Kier molecular flexibility index (Phi) is 3.16. The molecule has 0 aliphatic carbocycles. The van der Waals surface area contributed by atoms with Crippen molar-refractivity contribution in [3.8, 4) is 5.75 Å². The molecular formula is C11H15NO3S. The predicted octanol–water partition coefficient (Wildman–Crippen LogP) is 0.754. The fourth-order valence-electron chi connectivity index (χ4n) is 1.86. The second-order valence-corrected chi connectivity index (χ2v) is 6.14. The van der Waals surface area contributed by atoms with Gasteiger partial charge in [0.25, 0.3) is 0 Å². The maximum Gasteiger partial charge on any atom is 0.159 e. The number of benzene rings is 1. The fourth-order valence-corrected chi connectivity index (χ4v) is 3.52. The number of nitrogens with one attached hydrogen (secondary N) is 1. The van der Waals surface area contributed by atoms with Gasteiger partial charge in [0.15, 0.2) is 9.84 Å². The van der Waals surface area contributed by atoms with Crippen molar-refractivity contribution < 1.29 is 13.2 Å². The Balaban J connectivity index is 2.28. The molecule has 88 valence electrons. The third-order valence-corrected chi connectivity index (χ3v) is 4.89. The van der Waals surface area contributed by atoms with Gasteiger partial charge in [-0.15, -0.1) is 0 Å². The first-order valence-electron chi connectivity index (χ1n) is 5.20. The number of hydrogen-bond donors (Lipinski definition) is 1. The lowest BCUT2D eigenvalue weighted by Crippen LogP contribution is -2.38. The van der Waals surface area contributed by atoms with Crippen LogP contribution >= 0.6 is 0 Å². The number of sulfone groups is 1. The van der Waals surface area contributed by atoms with Crippen LogP contribution in [0.4, 0.5) is 0 Å². The Bertz CT molecular complexity index is 453. The zero-order valence-electron chi connectivity index (χ0n) is 9.14. The van der Waals surface area contributed by atoms with Gasteiger partial charge in [-0.25, -0.2) is 8.42 Å². The van der Waals surface area contributed by atoms with Crippen molar-refractivity contribution >= 4 is 9.84 Å². The van der Waals surface area contributed by atoms with Crippen LogP contribution < -0.4 is 10.1 Å². The van der Waals surface area contributed by atoms with Crippen molar-refractivity contribution in [2.75, 3.05) is 26.0 Å². The number of hydrogen-bond acceptors (Lipinski definition) is 4. The molecule has 1 aliphatic heterocycles. The first-order valence-corrected chi connectivity index (χ1v) is 6.91. The topological polar surface area (TPSA) is 55.4 Å². The van der Waals surface area contributed by atoms with Crippen molar-refractivity contribution in [3.63, 3.8) is 0 Å². The van der Waals surface area contributed by atoms with Crippen LogP contribution in [0.2, 0.25) is 0 Å².